The van der Waals surface area contributed by atoms with Crippen LogP contribution in [0.4, 0.5) is 17.3 Å². The highest BCUT2D eigenvalue weighted by Crippen LogP contribution is 2.32. The highest BCUT2D eigenvalue weighted by Gasteiger charge is 2.21. The van der Waals surface area contributed by atoms with Gasteiger partial charge in [0.1, 0.15) is 4.21 Å². The van der Waals surface area contributed by atoms with E-state index in [2.05, 4.69) is 51.9 Å². The summed E-state index contributed by atoms with van der Waals surface area (Å²) in [5.41, 5.74) is 1.98. The van der Waals surface area contributed by atoms with Gasteiger partial charge in [-0.15, -0.1) is 11.3 Å². The summed E-state index contributed by atoms with van der Waals surface area (Å²) in [5.74, 6) is 0.434. The van der Waals surface area contributed by atoms with E-state index < -0.39 is 10.0 Å². The quantitative estimate of drug-likeness (QED) is 0.337. The number of thiophene rings is 1. The van der Waals surface area contributed by atoms with Crippen molar-refractivity contribution in [1.82, 2.24) is 9.97 Å². The van der Waals surface area contributed by atoms with Gasteiger partial charge in [-0.25, -0.2) is 18.4 Å². The molecule has 4 rings (SSSR count). The molecule has 2 heterocycles. The number of nitrogens with zero attached hydrogens (tertiary/aromatic N) is 2. The minimum absolute atomic E-state index is 0.124. The maximum absolute atomic E-state index is 12.8. The summed E-state index contributed by atoms with van der Waals surface area (Å²) < 4.78 is 29.9. The Morgan fingerprint density at radius 1 is 0.821 bits per heavy atom. The van der Waals surface area contributed by atoms with Crippen LogP contribution in [0.2, 0.25) is 0 Å². The molecule has 0 aliphatic carbocycles. The van der Waals surface area contributed by atoms with Crippen molar-refractivity contribution in [3.8, 4) is 0 Å². The first-order valence-corrected chi connectivity index (χ1v) is 11.9. The number of fused-ring (bicyclic) bond motifs is 1. The zero-order valence-corrected chi connectivity index (χ0v) is 18.9. The Balaban J connectivity index is 1.80. The molecule has 28 heavy (non-hydrogen) atoms. The average molecular weight is 540 g/mol. The molecular weight excluding hydrogens is 528 g/mol. The Bertz CT molecular complexity index is 1280. The summed E-state index contributed by atoms with van der Waals surface area (Å²) in [6.07, 6.45) is 0. The van der Waals surface area contributed by atoms with E-state index in [4.69, 9.17) is 0 Å². The van der Waals surface area contributed by atoms with E-state index in [1.807, 2.05) is 42.5 Å². The number of para-hydroxylation sites is 3. The fourth-order valence-electron chi connectivity index (χ4n) is 2.47. The van der Waals surface area contributed by atoms with Crippen LogP contribution in [-0.4, -0.2) is 18.4 Å². The lowest BCUT2D eigenvalue weighted by atomic mass is 10.3. The molecule has 6 nitrogen and oxygen atoms in total. The molecule has 2 aromatic carbocycles. The van der Waals surface area contributed by atoms with Gasteiger partial charge in [0.25, 0.3) is 10.0 Å². The van der Waals surface area contributed by atoms with Gasteiger partial charge in [-0.3, -0.25) is 4.72 Å². The minimum Gasteiger partial charge on any atom is -0.336 e. The maximum Gasteiger partial charge on any atom is 0.272 e. The number of anilines is 3. The lowest BCUT2D eigenvalue weighted by molar-refractivity contribution is 0.603. The van der Waals surface area contributed by atoms with E-state index in [0.717, 1.165) is 25.3 Å². The molecule has 0 aliphatic heterocycles. The van der Waals surface area contributed by atoms with Crippen molar-refractivity contribution in [3.63, 3.8) is 0 Å². The number of hydrogen-bond donors (Lipinski definition) is 2. The summed E-state index contributed by atoms with van der Waals surface area (Å²) in [6, 6.07) is 18.0. The van der Waals surface area contributed by atoms with Crippen LogP contribution in [0.3, 0.4) is 0 Å². The summed E-state index contributed by atoms with van der Waals surface area (Å²) in [6.45, 7) is 0. The van der Waals surface area contributed by atoms with Crippen molar-refractivity contribution in [1.29, 1.82) is 0 Å². The zero-order valence-electron chi connectivity index (χ0n) is 14.1. The molecule has 0 fully saturated rings. The Hall–Kier alpha value is -2.01. The zero-order chi connectivity index (χ0) is 19.7. The van der Waals surface area contributed by atoms with E-state index in [0.29, 0.717) is 16.9 Å². The lowest BCUT2D eigenvalue weighted by Gasteiger charge is -2.14. The van der Waals surface area contributed by atoms with Gasteiger partial charge in [0, 0.05) is 4.47 Å². The first kappa shape index (κ1) is 19.3. The number of hydrogen-bond acceptors (Lipinski definition) is 6. The second kappa shape index (κ2) is 7.78. The highest BCUT2D eigenvalue weighted by atomic mass is 79.9. The number of rotatable bonds is 5. The van der Waals surface area contributed by atoms with Crippen LogP contribution in [-0.2, 0) is 10.0 Å². The van der Waals surface area contributed by atoms with Gasteiger partial charge in [-0.05, 0) is 68.3 Å². The van der Waals surface area contributed by atoms with Crippen molar-refractivity contribution in [3.05, 3.63) is 68.9 Å². The highest BCUT2D eigenvalue weighted by molar-refractivity contribution is 9.11. The Kier molecular flexibility index (Phi) is 5.37. The monoisotopic (exact) mass is 538 g/mol. The second-order valence-electron chi connectivity index (χ2n) is 5.68. The number of aromatic nitrogens is 2. The van der Waals surface area contributed by atoms with Gasteiger partial charge in [-0.2, -0.15) is 0 Å². The molecule has 0 bridgehead atoms. The molecule has 0 unspecified atom stereocenters. The van der Waals surface area contributed by atoms with Gasteiger partial charge in [0.2, 0.25) is 0 Å². The lowest BCUT2D eigenvalue weighted by Crippen LogP contribution is -2.15. The largest absolute Gasteiger partial charge is 0.336 e. The third-order valence-corrected chi connectivity index (χ3v) is 7.89. The summed E-state index contributed by atoms with van der Waals surface area (Å²) >= 11 is 7.89. The first-order chi connectivity index (χ1) is 13.4. The van der Waals surface area contributed by atoms with Crippen LogP contribution in [0.25, 0.3) is 11.0 Å². The fraction of sp³-hybridized carbons (Fsp3) is 0. The smallest absolute Gasteiger partial charge is 0.272 e. The summed E-state index contributed by atoms with van der Waals surface area (Å²) in [7, 11) is -3.80. The maximum atomic E-state index is 12.8. The minimum atomic E-state index is -3.80. The number of benzene rings is 2. The van der Waals surface area contributed by atoms with E-state index in [-0.39, 0.29) is 10.0 Å². The van der Waals surface area contributed by atoms with Crippen LogP contribution >= 0.6 is 43.2 Å². The van der Waals surface area contributed by atoms with Crippen LogP contribution in [0, 0.1) is 0 Å². The Morgan fingerprint density at radius 2 is 1.46 bits per heavy atom. The van der Waals surface area contributed by atoms with Gasteiger partial charge >= 0.3 is 0 Å². The summed E-state index contributed by atoms with van der Waals surface area (Å²) in [5, 5.41) is 3.16. The molecular formula is C18H12Br2N4O2S2. The molecule has 0 atom stereocenters. The summed E-state index contributed by atoms with van der Waals surface area (Å²) in [4.78, 5) is 9.05. The third-order valence-electron chi connectivity index (χ3n) is 3.74. The molecule has 142 valence electrons. The standard InChI is InChI=1S/C18H12Br2N4O2S2/c19-11-5-1-2-6-12(11)21-17-18(23-14-8-4-3-7-13(14)22-17)24-28(25,26)16-10-9-15(20)27-16/h1-10H,(H,21,22)(H,23,24). The van der Waals surface area contributed by atoms with E-state index in [9.17, 15) is 8.42 Å². The van der Waals surface area contributed by atoms with Crippen molar-refractivity contribution in [2.75, 3.05) is 10.0 Å². The molecule has 0 spiro atoms. The Morgan fingerprint density at radius 3 is 2.11 bits per heavy atom. The topological polar surface area (TPSA) is 84.0 Å². The van der Waals surface area contributed by atoms with E-state index in [1.54, 1.807) is 12.1 Å². The van der Waals surface area contributed by atoms with Gasteiger partial charge < -0.3 is 5.32 Å². The SMILES string of the molecule is O=S(=O)(Nc1nc2ccccc2nc1Nc1ccccc1Br)c1ccc(Br)s1. The fourth-order valence-corrected chi connectivity index (χ4v) is 5.87. The van der Waals surface area contributed by atoms with Crippen molar-refractivity contribution >= 4 is 81.6 Å². The second-order valence-corrected chi connectivity index (χ2v) is 10.9. The first-order valence-electron chi connectivity index (χ1n) is 7.99. The van der Waals surface area contributed by atoms with Gasteiger partial charge in [-0.1, -0.05) is 24.3 Å². The molecule has 10 heteroatoms. The molecule has 0 aliphatic rings. The normalized spacial score (nSPS) is 11.5. The molecule has 4 aromatic rings. The molecule has 2 N–H and O–H groups in total. The van der Waals surface area contributed by atoms with Crippen molar-refractivity contribution < 1.29 is 8.42 Å². The molecule has 0 saturated heterocycles. The van der Waals surface area contributed by atoms with E-state index in [1.165, 1.54) is 6.07 Å². The van der Waals surface area contributed by atoms with E-state index >= 15 is 0 Å². The van der Waals surface area contributed by atoms with Crippen LogP contribution < -0.4 is 10.0 Å². The van der Waals surface area contributed by atoms with Crippen LogP contribution in [0.15, 0.2) is 73.1 Å². The number of halogens is 2. The average Bonchev–Trinajstić information content (AvgIpc) is 3.11. The Labute approximate surface area is 182 Å². The molecule has 0 radical (unpaired) electrons. The third kappa shape index (κ3) is 4.04. The van der Waals surface area contributed by atoms with Crippen molar-refractivity contribution in [2.45, 2.75) is 4.21 Å². The molecule has 0 amide bonds. The predicted octanol–water partition coefficient (Wildman–Crippen LogP) is 5.76. The van der Waals surface area contributed by atoms with Crippen molar-refractivity contribution in [2.24, 2.45) is 0 Å². The van der Waals surface area contributed by atoms with Gasteiger partial charge in [0.05, 0.1) is 20.5 Å². The van der Waals surface area contributed by atoms with Gasteiger partial charge in [0.15, 0.2) is 11.6 Å². The predicted molar refractivity (Wildman–Crippen MR) is 120 cm³/mol. The van der Waals surface area contributed by atoms with Crippen LogP contribution in [0.1, 0.15) is 0 Å². The molecule has 2 aromatic heterocycles. The number of nitrogens with one attached hydrogen (secondary N) is 2. The molecule has 0 saturated carbocycles. The number of sulfonamides is 1. The van der Waals surface area contributed by atoms with Crippen LogP contribution in [0.5, 0.6) is 0 Å².